The van der Waals surface area contributed by atoms with Crippen molar-refractivity contribution in [3.63, 3.8) is 0 Å². The summed E-state index contributed by atoms with van der Waals surface area (Å²) >= 11 is 0. The summed E-state index contributed by atoms with van der Waals surface area (Å²) in [6.45, 7) is 7.93. The lowest BCUT2D eigenvalue weighted by molar-refractivity contribution is -0.160. The summed E-state index contributed by atoms with van der Waals surface area (Å²) in [5.74, 6) is -0.870. The number of rotatable bonds is 3. The van der Waals surface area contributed by atoms with Crippen molar-refractivity contribution in [2.45, 2.75) is 40.2 Å². The van der Waals surface area contributed by atoms with Crippen LogP contribution in [0, 0.1) is 16.7 Å². The first-order valence-corrected chi connectivity index (χ1v) is 4.95. The largest absolute Gasteiger partial charge is 0.459 e. The van der Waals surface area contributed by atoms with Crippen LogP contribution in [0.25, 0.3) is 0 Å². The highest BCUT2D eigenvalue weighted by molar-refractivity contribution is 5.90. The van der Waals surface area contributed by atoms with Crippen LogP contribution in [0.4, 0.5) is 0 Å². The Morgan fingerprint density at radius 3 is 2.06 bits per heavy atom. The number of hydrogen-bond donors (Lipinski definition) is 0. The summed E-state index contributed by atoms with van der Waals surface area (Å²) in [6, 6.07) is 1.84. The van der Waals surface area contributed by atoms with Crippen molar-refractivity contribution in [1.29, 1.82) is 5.26 Å². The number of ether oxygens (including phenoxy) is 1. The second-order valence-corrected chi connectivity index (χ2v) is 4.76. The van der Waals surface area contributed by atoms with Crippen LogP contribution in [0.1, 0.15) is 34.6 Å². The van der Waals surface area contributed by atoms with Crippen LogP contribution in [-0.2, 0) is 14.3 Å². The highest BCUT2D eigenvalue weighted by Crippen LogP contribution is 2.22. The second kappa shape index (κ2) is 4.93. The molecule has 16 heavy (non-hydrogen) atoms. The van der Waals surface area contributed by atoms with Gasteiger partial charge in [0.25, 0.3) is 0 Å². The molecule has 0 N–H and O–H groups in total. The molecule has 0 fully saturated rings. The van der Waals surface area contributed by atoms with Gasteiger partial charge in [-0.1, -0.05) is 6.08 Å². The zero-order valence-electron chi connectivity index (χ0n) is 10.3. The first kappa shape index (κ1) is 14.4. The Labute approximate surface area is 95.9 Å². The van der Waals surface area contributed by atoms with Crippen molar-refractivity contribution >= 4 is 11.8 Å². The van der Waals surface area contributed by atoms with Crippen molar-refractivity contribution in [3.8, 4) is 6.07 Å². The molecule has 4 nitrogen and oxygen atoms in total. The van der Waals surface area contributed by atoms with Gasteiger partial charge in [0.2, 0.25) is 0 Å². The van der Waals surface area contributed by atoms with Crippen molar-refractivity contribution < 1.29 is 14.3 Å². The molecule has 0 saturated carbocycles. The molecule has 0 spiro atoms. The van der Waals surface area contributed by atoms with Crippen LogP contribution in [0.15, 0.2) is 12.2 Å². The van der Waals surface area contributed by atoms with Crippen LogP contribution in [-0.4, -0.2) is 17.4 Å². The average molecular weight is 223 g/mol. The fourth-order valence-electron chi connectivity index (χ4n) is 0.819. The maximum absolute atomic E-state index is 11.7. The maximum atomic E-state index is 11.7. The molecule has 0 aliphatic rings. The predicted octanol–water partition coefficient (Wildman–Crippen LogP) is 2.00. The lowest BCUT2D eigenvalue weighted by atomic mass is 9.91. The first-order chi connectivity index (χ1) is 7.10. The topological polar surface area (TPSA) is 67.2 Å². The third-order valence-corrected chi connectivity index (χ3v) is 1.71. The Balaban J connectivity index is 4.92. The van der Waals surface area contributed by atoms with Gasteiger partial charge in [-0.2, -0.15) is 5.26 Å². The summed E-state index contributed by atoms with van der Waals surface area (Å²) in [6.07, 6.45) is 2.47. The number of hydrogen-bond acceptors (Lipinski definition) is 4. The molecule has 0 unspecified atom stereocenters. The molecule has 0 aliphatic heterocycles. The number of carbonyl (C=O) groups is 2. The van der Waals surface area contributed by atoms with Crippen LogP contribution >= 0.6 is 0 Å². The zero-order chi connectivity index (χ0) is 13.0. The first-order valence-electron chi connectivity index (χ1n) is 4.95. The minimum Gasteiger partial charge on any atom is -0.459 e. The second-order valence-electron chi connectivity index (χ2n) is 4.76. The van der Waals surface area contributed by atoms with E-state index in [9.17, 15) is 9.59 Å². The van der Waals surface area contributed by atoms with Crippen LogP contribution in [0.3, 0.4) is 0 Å². The molecule has 0 aliphatic carbocycles. The summed E-state index contributed by atoms with van der Waals surface area (Å²) in [5, 5.41) is 8.95. The van der Waals surface area contributed by atoms with Gasteiger partial charge >= 0.3 is 5.97 Å². The smallest absolute Gasteiger partial charge is 0.330 e. The molecule has 0 heterocycles. The Morgan fingerprint density at radius 1 is 1.25 bits per heavy atom. The van der Waals surface area contributed by atoms with E-state index in [0.717, 1.165) is 0 Å². The monoisotopic (exact) mass is 223 g/mol. The van der Waals surface area contributed by atoms with Gasteiger partial charge in [0.15, 0.2) is 11.2 Å². The molecule has 0 saturated heterocycles. The van der Waals surface area contributed by atoms with E-state index in [4.69, 9.17) is 10.00 Å². The number of ketones is 1. The van der Waals surface area contributed by atoms with Gasteiger partial charge in [0.1, 0.15) is 5.60 Å². The average Bonchev–Trinajstić information content (AvgIpc) is 2.11. The van der Waals surface area contributed by atoms with Gasteiger partial charge in [-0.3, -0.25) is 4.79 Å². The van der Waals surface area contributed by atoms with Crippen LogP contribution < -0.4 is 0 Å². The molecule has 0 amide bonds. The minimum absolute atomic E-state index is 0.218. The Kier molecular flexibility index (Phi) is 4.43. The molecule has 0 rings (SSSR count). The Bertz CT molecular complexity index is 357. The highest BCUT2D eigenvalue weighted by atomic mass is 16.6. The summed E-state index contributed by atoms with van der Waals surface area (Å²) in [7, 11) is 0. The van der Waals surface area contributed by atoms with Crippen molar-refractivity contribution in [2.75, 3.05) is 0 Å². The maximum Gasteiger partial charge on any atom is 0.330 e. The van der Waals surface area contributed by atoms with Gasteiger partial charge < -0.3 is 4.74 Å². The minimum atomic E-state index is -1.42. The fourth-order valence-corrected chi connectivity index (χ4v) is 0.819. The van der Waals surface area contributed by atoms with Gasteiger partial charge in [-0.15, -0.1) is 0 Å². The predicted molar refractivity (Wildman–Crippen MR) is 59.4 cm³/mol. The normalized spacial score (nSPS) is 15.2. The lowest BCUT2D eigenvalue weighted by Crippen LogP contribution is -2.33. The summed E-state index contributed by atoms with van der Waals surface area (Å²) in [5.41, 5.74) is -2.07. The number of carbonyl (C=O) groups excluding carboxylic acids is 2. The van der Waals surface area contributed by atoms with Gasteiger partial charge in [-0.25, -0.2) is 4.79 Å². The molecule has 88 valence electrons. The van der Waals surface area contributed by atoms with Gasteiger partial charge in [-0.05, 0) is 40.7 Å². The van der Waals surface area contributed by atoms with Gasteiger partial charge in [0.05, 0.1) is 6.07 Å². The zero-order valence-corrected chi connectivity index (χ0v) is 10.3. The number of allylic oxidation sites excluding steroid dienone is 1. The number of nitrogens with zero attached hydrogens (tertiary/aromatic N) is 1. The third-order valence-electron chi connectivity index (χ3n) is 1.71. The lowest BCUT2D eigenvalue weighted by Gasteiger charge is -2.24. The standard InChI is InChI=1S/C12H17NO3/c1-9(14)6-7-12(5,8-13)10(15)16-11(2,3)4/h6-7H,1-5H3/b7-6-/t12-/m1/s1. The summed E-state index contributed by atoms with van der Waals surface area (Å²) in [4.78, 5) is 22.5. The molecule has 0 bridgehead atoms. The van der Waals surface area contributed by atoms with E-state index in [0.29, 0.717) is 0 Å². The summed E-state index contributed by atoms with van der Waals surface area (Å²) < 4.78 is 5.10. The van der Waals surface area contributed by atoms with Crippen LogP contribution in [0.2, 0.25) is 0 Å². The molecular weight excluding hydrogens is 206 g/mol. The molecule has 1 atom stereocenters. The van der Waals surface area contributed by atoms with E-state index in [1.807, 2.05) is 6.07 Å². The molecule has 4 heteroatoms. The van der Waals surface area contributed by atoms with E-state index < -0.39 is 17.0 Å². The molecule has 0 aromatic rings. The van der Waals surface area contributed by atoms with E-state index in [1.54, 1.807) is 20.8 Å². The quantitative estimate of drug-likeness (QED) is 0.542. The number of nitriles is 1. The number of esters is 1. The van der Waals surface area contributed by atoms with Crippen molar-refractivity contribution in [2.24, 2.45) is 5.41 Å². The van der Waals surface area contributed by atoms with E-state index in [-0.39, 0.29) is 5.78 Å². The fraction of sp³-hybridized carbons (Fsp3) is 0.583. The van der Waals surface area contributed by atoms with E-state index in [1.165, 1.54) is 26.0 Å². The van der Waals surface area contributed by atoms with Crippen LogP contribution in [0.5, 0.6) is 0 Å². The van der Waals surface area contributed by atoms with Crippen molar-refractivity contribution in [3.05, 3.63) is 12.2 Å². The Morgan fingerprint density at radius 2 is 1.75 bits per heavy atom. The molecule has 0 aromatic carbocycles. The van der Waals surface area contributed by atoms with E-state index >= 15 is 0 Å². The molecular formula is C12H17NO3. The van der Waals surface area contributed by atoms with Crippen molar-refractivity contribution in [1.82, 2.24) is 0 Å². The highest BCUT2D eigenvalue weighted by Gasteiger charge is 2.35. The Hall–Kier alpha value is -1.63. The van der Waals surface area contributed by atoms with E-state index in [2.05, 4.69) is 0 Å². The SMILES string of the molecule is CC(=O)/C=C\[C@](C)(C#N)C(=O)OC(C)(C)C. The third kappa shape index (κ3) is 4.74. The van der Waals surface area contributed by atoms with Gasteiger partial charge in [0, 0.05) is 0 Å². The molecule has 0 radical (unpaired) electrons. The molecule has 0 aromatic heterocycles.